The first-order valence-electron chi connectivity index (χ1n) is 10.5. The van der Waals surface area contributed by atoms with Crippen LogP contribution in [0, 0.1) is 5.92 Å². The van der Waals surface area contributed by atoms with Gasteiger partial charge in [0.2, 0.25) is 15.9 Å². The third kappa shape index (κ3) is 9.16. The fourth-order valence-electron chi connectivity index (χ4n) is 3.38. The van der Waals surface area contributed by atoms with Gasteiger partial charge < -0.3 is 15.4 Å². The molecule has 13 heteroatoms. The summed E-state index contributed by atoms with van der Waals surface area (Å²) >= 11 is 0. The summed E-state index contributed by atoms with van der Waals surface area (Å²) in [4.78, 5) is 28.5. The molecule has 1 fully saturated rings. The second-order valence-electron chi connectivity index (χ2n) is 8.83. The molecule has 33 heavy (non-hydrogen) atoms. The van der Waals surface area contributed by atoms with E-state index in [9.17, 15) is 31.2 Å². The number of nitrogens with zero attached hydrogens (tertiary/aromatic N) is 1. The Morgan fingerprint density at radius 3 is 2.30 bits per heavy atom. The zero-order chi connectivity index (χ0) is 24.9. The molecule has 1 saturated carbocycles. The summed E-state index contributed by atoms with van der Waals surface area (Å²) in [6, 6.07) is 1.29. The molecule has 1 aliphatic rings. The molecule has 0 spiro atoms. The maximum absolute atomic E-state index is 12.9. The Labute approximate surface area is 190 Å². The van der Waals surface area contributed by atoms with Gasteiger partial charge in [-0.05, 0) is 51.7 Å². The van der Waals surface area contributed by atoms with Gasteiger partial charge in [-0.15, -0.1) is 0 Å². The predicted molar refractivity (Wildman–Crippen MR) is 114 cm³/mol. The molecule has 1 aromatic rings. The summed E-state index contributed by atoms with van der Waals surface area (Å²) in [6.45, 7) is 3.38. The Balaban J connectivity index is 2.10. The minimum Gasteiger partial charge on any atom is -0.444 e. The first-order chi connectivity index (χ1) is 15.2. The third-order valence-electron chi connectivity index (χ3n) is 4.84. The summed E-state index contributed by atoms with van der Waals surface area (Å²) in [5, 5.41) is 5.14. The molecule has 1 aromatic heterocycles. The smallest absolute Gasteiger partial charge is 0.408 e. The third-order valence-corrected chi connectivity index (χ3v) is 6.22. The van der Waals surface area contributed by atoms with E-state index < -0.39 is 51.3 Å². The van der Waals surface area contributed by atoms with E-state index in [1.807, 2.05) is 0 Å². The van der Waals surface area contributed by atoms with Gasteiger partial charge in [0.15, 0.2) is 0 Å². The molecule has 0 unspecified atom stereocenters. The lowest BCUT2D eigenvalue weighted by Crippen LogP contribution is -2.50. The number of pyridine rings is 1. The number of nitrogens with one attached hydrogen (secondary N) is 3. The van der Waals surface area contributed by atoms with Crippen LogP contribution < -0.4 is 15.4 Å². The number of amides is 2. The molecule has 2 amide bonds. The second kappa shape index (κ2) is 10.7. The number of carbonyl (C=O) groups is 2. The van der Waals surface area contributed by atoms with E-state index in [0.29, 0.717) is 0 Å². The highest BCUT2D eigenvalue weighted by atomic mass is 32.2. The van der Waals surface area contributed by atoms with E-state index in [-0.39, 0.29) is 11.7 Å². The lowest BCUT2D eigenvalue weighted by atomic mass is 9.83. The number of hydrogen-bond acceptors (Lipinski definition) is 6. The van der Waals surface area contributed by atoms with Crippen LogP contribution in [0.25, 0.3) is 0 Å². The van der Waals surface area contributed by atoms with Crippen molar-refractivity contribution >= 4 is 27.8 Å². The van der Waals surface area contributed by atoms with Gasteiger partial charge in [0, 0.05) is 6.20 Å². The Bertz CT molecular complexity index is 925. The van der Waals surface area contributed by atoms with Crippen LogP contribution in [-0.2, 0) is 19.6 Å². The fraction of sp³-hybridized carbons (Fsp3) is 0.650. The van der Waals surface area contributed by atoms with Crippen LogP contribution in [0.4, 0.5) is 23.8 Å². The monoisotopic (exact) mass is 494 g/mol. The van der Waals surface area contributed by atoms with Gasteiger partial charge in [0.25, 0.3) is 0 Å². The van der Waals surface area contributed by atoms with Crippen molar-refractivity contribution in [3.8, 4) is 0 Å². The van der Waals surface area contributed by atoms with Crippen LogP contribution in [0.5, 0.6) is 0 Å². The quantitative estimate of drug-likeness (QED) is 0.534. The summed E-state index contributed by atoms with van der Waals surface area (Å²) in [7, 11) is -4.42. The van der Waals surface area contributed by atoms with Crippen molar-refractivity contribution in [3.63, 3.8) is 0 Å². The lowest BCUT2D eigenvalue weighted by molar-refractivity contribution is -0.121. The van der Waals surface area contributed by atoms with E-state index in [4.69, 9.17) is 4.74 Å². The lowest BCUT2D eigenvalue weighted by Gasteiger charge is -2.30. The Hall–Kier alpha value is -2.41. The molecule has 0 aliphatic heterocycles. The summed E-state index contributed by atoms with van der Waals surface area (Å²) < 4.78 is 67.5. The molecule has 0 bridgehead atoms. The first kappa shape index (κ1) is 26.8. The summed E-state index contributed by atoms with van der Waals surface area (Å²) in [5.41, 5.74) is -0.749. The summed E-state index contributed by atoms with van der Waals surface area (Å²) in [6.07, 6.45) is -0.252. The number of aromatic nitrogens is 1. The van der Waals surface area contributed by atoms with Crippen molar-refractivity contribution < 1.29 is 35.9 Å². The van der Waals surface area contributed by atoms with Gasteiger partial charge in [-0.25, -0.2) is 22.9 Å². The Kier molecular flexibility index (Phi) is 8.69. The highest BCUT2D eigenvalue weighted by Crippen LogP contribution is 2.27. The molecule has 186 valence electrons. The number of sulfonamides is 1. The molecular weight excluding hydrogens is 465 g/mol. The minimum absolute atomic E-state index is 0.0124. The number of alkyl carbamates (subject to hydrolysis) is 1. The normalized spacial score (nSPS) is 16.7. The number of anilines is 1. The maximum atomic E-state index is 12.9. The zero-order valence-electron chi connectivity index (χ0n) is 18.7. The van der Waals surface area contributed by atoms with E-state index >= 15 is 0 Å². The van der Waals surface area contributed by atoms with Crippen molar-refractivity contribution in [2.24, 2.45) is 5.92 Å². The number of rotatable bonds is 7. The van der Waals surface area contributed by atoms with Gasteiger partial charge in [-0.3, -0.25) is 4.79 Å². The molecule has 1 atom stereocenters. The highest BCUT2D eigenvalue weighted by molar-refractivity contribution is 7.89. The largest absolute Gasteiger partial charge is 0.444 e. The molecule has 0 radical (unpaired) electrons. The van der Waals surface area contributed by atoms with Crippen molar-refractivity contribution in [2.45, 2.75) is 75.6 Å². The fourth-order valence-corrected chi connectivity index (χ4v) is 4.34. The van der Waals surface area contributed by atoms with Crippen LogP contribution >= 0.6 is 0 Å². The van der Waals surface area contributed by atoms with Gasteiger partial charge in [-0.1, -0.05) is 19.3 Å². The van der Waals surface area contributed by atoms with Crippen LogP contribution in [0.2, 0.25) is 0 Å². The van der Waals surface area contributed by atoms with Crippen molar-refractivity contribution in [1.82, 2.24) is 15.0 Å². The SMILES string of the molecule is CC(C)(C)OC(=O)N[C@H](C(=O)Nc1ccc(S(=O)(=O)NCC(F)(F)F)cn1)C1CCCCC1. The van der Waals surface area contributed by atoms with Crippen molar-refractivity contribution in [3.05, 3.63) is 18.3 Å². The van der Waals surface area contributed by atoms with Crippen LogP contribution in [0.15, 0.2) is 23.2 Å². The molecule has 0 saturated heterocycles. The summed E-state index contributed by atoms with van der Waals surface area (Å²) in [5.74, 6) is -0.676. The molecule has 3 N–H and O–H groups in total. The van der Waals surface area contributed by atoms with Crippen LogP contribution in [0.1, 0.15) is 52.9 Å². The number of alkyl halides is 3. The van der Waals surface area contributed by atoms with Crippen molar-refractivity contribution in [1.29, 1.82) is 0 Å². The van der Waals surface area contributed by atoms with Crippen molar-refractivity contribution in [2.75, 3.05) is 11.9 Å². The van der Waals surface area contributed by atoms with Gasteiger partial charge >= 0.3 is 12.3 Å². The van der Waals surface area contributed by atoms with E-state index in [1.165, 1.54) is 4.72 Å². The standard InChI is InChI=1S/C20H29F3N4O5S/c1-19(2,3)32-18(29)27-16(13-7-5-4-6-8-13)17(28)26-15-10-9-14(11-24-15)33(30,31)25-12-20(21,22)23/h9-11,13,16,25H,4-8,12H2,1-3H3,(H,27,29)(H,24,26,28)/t16-/m0/s1. The Morgan fingerprint density at radius 2 is 1.79 bits per heavy atom. The highest BCUT2D eigenvalue weighted by Gasteiger charge is 2.33. The number of ether oxygens (including phenoxy) is 1. The topological polar surface area (TPSA) is 126 Å². The average Bonchev–Trinajstić information content (AvgIpc) is 2.70. The van der Waals surface area contributed by atoms with Gasteiger partial charge in [0.05, 0.1) is 0 Å². The second-order valence-corrected chi connectivity index (χ2v) is 10.6. The van der Waals surface area contributed by atoms with E-state index in [0.717, 1.165) is 50.4 Å². The molecular formula is C20H29F3N4O5S. The van der Waals surface area contributed by atoms with Crippen LogP contribution in [-0.4, -0.2) is 49.8 Å². The molecule has 0 aromatic carbocycles. The predicted octanol–water partition coefficient (Wildman–Crippen LogP) is 3.33. The molecule has 9 nitrogen and oxygen atoms in total. The Morgan fingerprint density at radius 1 is 1.15 bits per heavy atom. The molecule has 1 heterocycles. The number of hydrogen-bond donors (Lipinski definition) is 3. The van der Waals surface area contributed by atoms with E-state index in [2.05, 4.69) is 15.6 Å². The van der Waals surface area contributed by atoms with Gasteiger partial charge in [-0.2, -0.15) is 13.2 Å². The average molecular weight is 495 g/mol. The zero-order valence-corrected chi connectivity index (χ0v) is 19.5. The first-order valence-corrected chi connectivity index (χ1v) is 12.0. The number of halogens is 3. The molecule has 1 aliphatic carbocycles. The van der Waals surface area contributed by atoms with Gasteiger partial charge in [0.1, 0.15) is 28.9 Å². The molecule has 2 rings (SSSR count). The maximum Gasteiger partial charge on any atom is 0.408 e. The van der Waals surface area contributed by atoms with E-state index in [1.54, 1.807) is 20.8 Å². The van der Waals surface area contributed by atoms with Crippen LogP contribution in [0.3, 0.4) is 0 Å². The number of carbonyl (C=O) groups excluding carboxylic acids is 2. The minimum atomic E-state index is -4.70.